The summed E-state index contributed by atoms with van der Waals surface area (Å²) in [6, 6.07) is 8.99. The molecule has 0 spiro atoms. The van der Waals surface area contributed by atoms with Crippen LogP contribution in [-0.2, 0) is 0 Å². The Morgan fingerprint density at radius 2 is 2.00 bits per heavy atom. The molecule has 1 aliphatic rings. The van der Waals surface area contributed by atoms with E-state index < -0.39 is 0 Å². The maximum Gasteiger partial charge on any atom is 0.0314 e. The maximum absolute atomic E-state index is 5.64. The third-order valence-corrected chi connectivity index (χ3v) is 2.80. The van der Waals surface area contributed by atoms with Gasteiger partial charge in [-0.25, -0.2) is 0 Å². The molecule has 2 nitrogen and oxygen atoms in total. The van der Waals surface area contributed by atoms with Gasteiger partial charge < -0.3 is 11.1 Å². The van der Waals surface area contributed by atoms with Crippen molar-refractivity contribution < 1.29 is 0 Å². The van der Waals surface area contributed by atoms with E-state index >= 15 is 0 Å². The minimum Gasteiger partial charge on any atom is -0.399 e. The summed E-state index contributed by atoms with van der Waals surface area (Å²) in [5.74, 6) is 0.580. The van der Waals surface area contributed by atoms with Gasteiger partial charge in [0.05, 0.1) is 0 Å². The van der Waals surface area contributed by atoms with Crippen molar-refractivity contribution in [2.24, 2.45) is 0 Å². The zero-order valence-corrected chi connectivity index (χ0v) is 8.66. The molecule has 1 aliphatic carbocycles. The Balaban J connectivity index is 1.88. The number of nitrogens with one attached hydrogen (secondary N) is 1. The first-order valence-electron chi connectivity index (χ1n) is 5.34. The average Bonchev–Trinajstić information content (AvgIpc) is 2.99. The highest BCUT2D eigenvalue weighted by Crippen LogP contribution is 2.21. The van der Waals surface area contributed by atoms with Gasteiger partial charge in [0.1, 0.15) is 0 Å². The van der Waals surface area contributed by atoms with Crippen LogP contribution in [0.25, 0.3) is 0 Å². The molecule has 0 bridgehead atoms. The highest BCUT2D eigenvalue weighted by atomic mass is 14.9. The molecular weight excluding hydrogens is 172 g/mol. The number of hydrogen-bond acceptors (Lipinski definition) is 2. The fraction of sp³-hybridized carbons (Fsp3) is 0.500. The fourth-order valence-electron chi connectivity index (χ4n) is 1.57. The molecule has 0 amide bonds. The van der Waals surface area contributed by atoms with Crippen molar-refractivity contribution in [1.82, 2.24) is 5.32 Å². The molecule has 0 radical (unpaired) electrons. The van der Waals surface area contributed by atoms with Crippen LogP contribution in [0.2, 0.25) is 0 Å². The average molecular weight is 190 g/mol. The summed E-state index contributed by atoms with van der Waals surface area (Å²) in [6.45, 7) is 3.33. The minimum absolute atomic E-state index is 0.580. The van der Waals surface area contributed by atoms with Crippen LogP contribution in [0.1, 0.15) is 31.2 Å². The topological polar surface area (TPSA) is 38.0 Å². The molecule has 1 saturated carbocycles. The second-order valence-corrected chi connectivity index (χ2v) is 4.25. The number of hydrogen-bond donors (Lipinski definition) is 2. The molecule has 0 aliphatic heterocycles. The van der Waals surface area contributed by atoms with Crippen LogP contribution in [0, 0.1) is 0 Å². The van der Waals surface area contributed by atoms with Gasteiger partial charge in [0, 0.05) is 18.3 Å². The van der Waals surface area contributed by atoms with E-state index in [1.54, 1.807) is 0 Å². The predicted octanol–water partition coefficient (Wildman–Crippen LogP) is 2.12. The van der Waals surface area contributed by atoms with Crippen molar-refractivity contribution in [1.29, 1.82) is 0 Å². The fourth-order valence-corrected chi connectivity index (χ4v) is 1.57. The van der Waals surface area contributed by atoms with Crippen molar-refractivity contribution in [3.05, 3.63) is 29.8 Å². The molecule has 0 aromatic heterocycles. The lowest BCUT2D eigenvalue weighted by Gasteiger charge is -2.12. The SMILES string of the molecule is CC(CNC1CC1)c1ccc(N)cc1. The largest absolute Gasteiger partial charge is 0.399 e. The molecule has 2 rings (SSSR count). The molecule has 1 fully saturated rings. The van der Waals surface area contributed by atoms with Gasteiger partial charge in [0.25, 0.3) is 0 Å². The lowest BCUT2D eigenvalue weighted by molar-refractivity contribution is 0.612. The van der Waals surface area contributed by atoms with Crippen LogP contribution >= 0.6 is 0 Å². The van der Waals surface area contributed by atoms with Gasteiger partial charge >= 0.3 is 0 Å². The number of nitrogen functional groups attached to an aromatic ring is 1. The van der Waals surface area contributed by atoms with Crippen LogP contribution < -0.4 is 11.1 Å². The van der Waals surface area contributed by atoms with Crippen molar-refractivity contribution in [2.45, 2.75) is 31.7 Å². The number of rotatable bonds is 4. The summed E-state index contributed by atoms with van der Waals surface area (Å²) >= 11 is 0. The monoisotopic (exact) mass is 190 g/mol. The zero-order valence-electron chi connectivity index (χ0n) is 8.66. The zero-order chi connectivity index (χ0) is 9.97. The molecule has 1 aromatic rings. The number of benzene rings is 1. The number of nitrogens with two attached hydrogens (primary N) is 1. The summed E-state index contributed by atoms with van der Waals surface area (Å²) < 4.78 is 0. The van der Waals surface area contributed by atoms with Crippen molar-refractivity contribution in [2.75, 3.05) is 12.3 Å². The lowest BCUT2D eigenvalue weighted by atomic mass is 10.0. The normalized spacial score (nSPS) is 18.1. The van der Waals surface area contributed by atoms with E-state index in [4.69, 9.17) is 5.73 Å². The van der Waals surface area contributed by atoms with Gasteiger partial charge in [0.15, 0.2) is 0 Å². The van der Waals surface area contributed by atoms with Crippen molar-refractivity contribution in [3.8, 4) is 0 Å². The van der Waals surface area contributed by atoms with Gasteiger partial charge in [-0.15, -0.1) is 0 Å². The Morgan fingerprint density at radius 1 is 1.36 bits per heavy atom. The van der Waals surface area contributed by atoms with Gasteiger partial charge in [0.2, 0.25) is 0 Å². The Hall–Kier alpha value is -1.02. The second-order valence-electron chi connectivity index (χ2n) is 4.25. The van der Waals surface area contributed by atoms with Crippen LogP contribution in [0.5, 0.6) is 0 Å². The Bertz CT molecular complexity index is 288. The van der Waals surface area contributed by atoms with E-state index in [0.717, 1.165) is 18.3 Å². The van der Waals surface area contributed by atoms with Gasteiger partial charge in [-0.3, -0.25) is 0 Å². The van der Waals surface area contributed by atoms with E-state index in [1.807, 2.05) is 12.1 Å². The van der Waals surface area contributed by atoms with E-state index in [2.05, 4.69) is 24.4 Å². The van der Waals surface area contributed by atoms with Gasteiger partial charge in [-0.2, -0.15) is 0 Å². The van der Waals surface area contributed by atoms with Gasteiger partial charge in [-0.05, 0) is 36.5 Å². The third kappa shape index (κ3) is 2.48. The van der Waals surface area contributed by atoms with Crippen molar-refractivity contribution >= 4 is 5.69 Å². The second kappa shape index (κ2) is 4.01. The van der Waals surface area contributed by atoms with Crippen LogP contribution in [-0.4, -0.2) is 12.6 Å². The Labute approximate surface area is 85.5 Å². The maximum atomic E-state index is 5.64. The van der Waals surface area contributed by atoms with Crippen molar-refractivity contribution in [3.63, 3.8) is 0 Å². The summed E-state index contributed by atoms with van der Waals surface area (Å²) in [6.07, 6.45) is 2.71. The highest BCUT2D eigenvalue weighted by molar-refractivity contribution is 5.40. The summed E-state index contributed by atoms with van der Waals surface area (Å²) in [7, 11) is 0. The first kappa shape index (κ1) is 9.53. The molecule has 76 valence electrons. The summed E-state index contributed by atoms with van der Waals surface area (Å²) in [5.41, 5.74) is 7.85. The van der Waals surface area contributed by atoms with E-state index in [-0.39, 0.29) is 0 Å². The standard InChI is InChI=1S/C12H18N2/c1-9(8-14-12-6-7-12)10-2-4-11(13)5-3-10/h2-5,9,12,14H,6-8,13H2,1H3. The molecule has 2 heteroatoms. The first-order chi connectivity index (χ1) is 6.75. The van der Waals surface area contributed by atoms with E-state index in [9.17, 15) is 0 Å². The van der Waals surface area contributed by atoms with E-state index in [0.29, 0.717) is 5.92 Å². The lowest BCUT2D eigenvalue weighted by Crippen LogP contribution is -2.21. The molecule has 0 heterocycles. The third-order valence-electron chi connectivity index (χ3n) is 2.80. The molecule has 0 saturated heterocycles. The van der Waals surface area contributed by atoms with Crippen LogP contribution in [0.3, 0.4) is 0 Å². The smallest absolute Gasteiger partial charge is 0.0314 e. The molecule has 14 heavy (non-hydrogen) atoms. The van der Waals surface area contributed by atoms with Gasteiger partial charge in [-0.1, -0.05) is 19.1 Å². The summed E-state index contributed by atoms with van der Waals surface area (Å²) in [5, 5.41) is 3.54. The predicted molar refractivity (Wildman–Crippen MR) is 60.3 cm³/mol. The molecule has 1 atom stereocenters. The molecular formula is C12H18N2. The minimum atomic E-state index is 0.580. The molecule has 3 N–H and O–H groups in total. The summed E-state index contributed by atoms with van der Waals surface area (Å²) in [4.78, 5) is 0. The van der Waals surface area contributed by atoms with Crippen LogP contribution in [0.15, 0.2) is 24.3 Å². The van der Waals surface area contributed by atoms with Crippen LogP contribution in [0.4, 0.5) is 5.69 Å². The number of anilines is 1. The Kier molecular flexibility index (Phi) is 2.73. The molecule has 1 aromatic carbocycles. The Morgan fingerprint density at radius 3 is 2.57 bits per heavy atom. The quantitative estimate of drug-likeness (QED) is 0.714. The van der Waals surface area contributed by atoms with E-state index in [1.165, 1.54) is 18.4 Å². The highest BCUT2D eigenvalue weighted by Gasteiger charge is 2.20. The molecule has 1 unspecified atom stereocenters. The first-order valence-corrected chi connectivity index (χ1v) is 5.34.